The minimum absolute atomic E-state index is 0.00581. The molecule has 0 spiro atoms. The zero-order valence-corrected chi connectivity index (χ0v) is 23.8. The molecule has 1 aliphatic heterocycles. The average molecular weight is 617 g/mol. The second-order valence-corrected chi connectivity index (χ2v) is 13.7. The van der Waals surface area contributed by atoms with Crippen molar-refractivity contribution in [1.82, 2.24) is 4.31 Å². The van der Waals surface area contributed by atoms with Crippen molar-refractivity contribution in [1.29, 1.82) is 0 Å². The molecule has 1 aliphatic rings. The minimum Gasteiger partial charge on any atom is -0.326 e. The third-order valence-corrected chi connectivity index (χ3v) is 10.0. The largest absolute Gasteiger partial charge is 0.326 e. The van der Waals surface area contributed by atoms with E-state index >= 15 is 0 Å². The lowest BCUT2D eigenvalue weighted by Crippen LogP contribution is -2.44. The third kappa shape index (κ3) is 7.19. The Balaban J connectivity index is 1.39. The molecule has 4 rings (SSSR count). The van der Waals surface area contributed by atoms with Crippen molar-refractivity contribution in [3.63, 3.8) is 0 Å². The molecule has 1 fully saturated rings. The number of halogens is 3. The van der Waals surface area contributed by atoms with Crippen LogP contribution in [0.15, 0.2) is 71.6 Å². The number of nitrogens with one attached hydrogen (secondary N) is 2. The van der Waals surface area contributed by atoms with Gasteiger partial charge in [-0.3, -0.25) is 9.52 Å². The van der Waals surface area contributed by atoms with E-state index in [1.807, 2.05) is 0 Å². The predicted octanol–water partition coefficient (Wildman–Crippen LogP) is 5.63. The summed E-state index contributed by atoms with van der Waals surface area (Å²) < 4.78 is 55.2. The summed E-state index contributed by atoms with van der Waals surface area (Å²) in [5.41, 5.74) is 1.15. The van der Waals surface area contributed by atoms with Gasteiger partial charge in [0.25, 0.3) is 10.0 Å². The molecule has 38 heavy (non-hydrogen) atoms. The molecule has 1 amide bonds. The minimum atomic E-state index is -3.86. The number of rotatable bonds is 8. The summed E-state index contributed by atoms with van der Waals surface area (Å²) in [7, 11) is -7.58. The Morgan fingerprint density at radius 3 is 2.29 bits per heavy atom. The average Bonchev–Trinajstić information content (AvgIpc) is 2.86. The second kappa shape index (κ2) is 11.8. The molecule has 2 N–H and O–H groups in total. The van der Waals surface area contributed by atoms with Gasteiger partial charge in [-0.1, -0.05) is 46.9 Å². The van der Waals surface area contributed by atoms with Gasteiger partial charge in [0.2, 0.25) is 15.9 Å². The van der Waals surface area contributed by atoms with E-state index in [1.165, 1.54) is 40.7 Å². The first-order chi connectivity index (χ1) is 17.9. The maximum atomic E-state index is 13.0. The summed E-state index contributed by atoms with van der Waals surface area (Å²) in [5, 5.41) is 3.83. The molecule has 1 atom stereocenters. The van der Waals surface area contributed by atoms with Crippen LogP contribution in [0, 0.1) is 5.92 Å². The molecular formula is C25H24Cl3N3O5S2. The number of carbonyl (C=O) groups is 1. The van der Waals surface area contributed by atoms with E-state index in [-0.39, 0.29) is 28.1 Å². The first-order valence-electron chi connectivity index (χ1n) is 11.5. The molecule has 3 aromatic carbocycles. The van der Waals surface area contributed by atoms with Crippen LogP contribution in [-0.4, -0.2) is 40.1 Å². The van der Waals surface area contributed by atoms with Gasteiger partial charge in [-0.05, 0) is 73.0 Å². The van der Waals surface area contributed by atoms with Gasteiger partial charge in [0.15, 0.2) is 0 Å². The number of benzene rings is 3. The highest BCUT2D eigenvalue weighted by molar-refractivity contribution is 7.92. The number of hydrogen-bond donors (Lipinski definition) is 2. The monoisotopic (exact) mass is 615 g/mol. The number of sulfonamides is 2. The van der Waals surface area contributed by atoms with Gasteiger partial charge in [-0.25, -0.2) is 21.1 Å². The second-order valence-electron chi connectivity index (χ2n) is 8.82. The van der Waals surface area contributed by atoms with Gasteiger partial charge in [0.1, 0.15) is 0 Å². The van der Waals surface area contributed by atoms with E-state index in [9.17, 15) is 21.6 Å². The Morgan fingerprint density at radius 2 is 1.61 bits per heavy atom. The van der Waals surface area contributed by atoms with Crippen molar-refractivity contribution in [3.8, 4) is 0 Å². The highest BCUT2D eigenvalue weighted by atomic mass is 35.5. The predicted molar refractivity (Wildman–Crippen MR) is 151 cm³/mol. The summed E-state index contributed by atoms with van der Waals surface area (Å²) in [6.45, 7) is 0.346. The molecular weight excluding hydrogens is 593 g/mol. The Morgan fingerprint density at radius 1 is 0.895 bits per heavy atom. The fourth-order valence-electron chi connectivity index (χ4n) is 4.06. The van der Waals surface area contributed by atoms with Gasteiger partial charge < -0.3 is 5.32 Å². The molecule has 202 valence electrons. The Labute approximate surface area is 237 Å². The number of nitrogens with zero attached hydrogens (tertiary/aromatic N) is 1. The van der Waals surface area contributed by atoms with Crippen molar-refractivity contribution < 1.29 is 21.6 Å². The van der Waals surface area contributed by atoms with Gasteiger partial charge in [0.05, 0.1) is 22.3 Å². The van der Waals surface area contributed by atoms with Crippen LogP contribution in [0.3, 0.4) is 0 Å². The number of carbonyl (C=O) groups excluding carboxylic acids is 1. The highest BCUT2D eigenvalue weighted by Gasteiger charge is 2.33. The first kappa shape index (κ1) is 28.7. The number of piperidine rings is 1. The molecule has 1 saturated heterocycles. The number of anilines is 2. The summed E-state index contributed by atoms with van der Waals surface area (Å²) in [6.07, 6.45) is 1.05. The summed E-state index contributed by atoms with van der Waals surface area (Å²) >= 11 is 18.0. The van der Waals surface area contributed by atoms with Crippen LogP contribution < -0.4 is 10.0 Å². The zero-order valence-electron chi connectivity index (χ0n) is 19.9. The van der Waals surface area contributed by atoms with Crippen molar-refractivity contribution in [3.05, 3.63) is 87.4 Å². The lowest BCUT2D eigenvalue weighted by Gasteiger charge is -2.31. The Bertz CT molecular complexity index is 1550. The molecule has 8 nitrogen and oxygen atoms in total. The smallest absolute Gasteiger partial charge is 0.261 e. The van der Waals surface area contributed by atoms with E-state index in [2.05, 4.69) is 10.0 Å². The molecule has 0 saturated carbocycles. The van der Waals surface area contributed by atoms with Gasteiger partial charge >= 0.3 is 0 Å². The summed E-state index contributed by atoms with van der Waals surface area (Å²) in [4.78, 5) is 12.9. The van der Waals surface area contributed by atoms with E-state index in [4.69, 9.17) is 34.8 Å². The Hall–Kier alpha value is -2.34. The van der Waals surface area contributed by atoms with Crippen molar-refractivity contribution in [2.45, 2.75) is 23.5 Å². The molecule has 0 aromatic heterocycles. The van der Waals surface area contributed by atoms with Crippen LogP contribution in [0.1, 0.15) is 18.4 Å². The maximum Gasteiger partial charge on any atom is 0.261 e. The van der Waals surface area contributed by atoms with Crippen molar-refractivity contribution >= 4 is 72.1 Å². The molecule has 0 bridgehead atoms. The quantitative estimate of drug-likeness (QED) is 0.341. The lowest BCUT2D eigenvalue weighted by molar-refractivity contribution is -0.120. The molecule has 1 heterocycles. The van der Waals surface area contributed by atoms with Crippen LogP contribution in [0.5, 0.6) is 0 Å². The van der Waals surface area contributed by atoms with E-state index in [0.29, 0.717) is 46.4 Å². The van der Waals surface area contributed by atoms with Crippen LogP contribution in [0.4, 0.5) is 11.4 Å². The Kier molecular flexibility index (Phi) is 8.91. The standard InChI is InChI=1S/C25H24Cl3N3O5S2/c26-19-4-1-5-22(13-19)30-38(35,36)23-10-8-21(9-11-23)29-25(32)17-3-2-12-31(15-17)37(33,34)16-18-6-7-20(27)14-24(18)28/h1,4-11,13-14,17,30H,2-3,12,15-16H2,(H,29,32). The lowest BCUT2D eigenvalue weighted by atomic mass is 9.99. The first-order valence-corrected chi connectivity index (χ1v) is 15.8. The molecule has 0 aliphatic carbocycles. The zero-order chi connectivity index (χ0) is 27.5. The van der Waals surface area contributed by atoms with E-state index < -0.39 is 26.0 Å². The van der Waals surface area contributed by atoms with Crippen LogP contribution in [-0.2, 0) is 30.6 Å². The maximum absolute atomic E-state index is 13.0. The fraction of sp³-hybridized carbons (Fsp3) is 0.240. The van der Waals surface area contributed by atoms with Gasteiger partial charge in [0, 0.05) is 33.8 Å². The molecule has 0 radical (unpaired) electrons. The highest BCUT2D eigenvalue weighted by Crippen LogP contribution is 2.27. The van der Waals surface area contributed by atoms with Crippen LogP contribution in [0.25, 0.3) is 0 Å². The number of hydrogen-bond acceptors (Lipinski definition) is 5. The third-order valence-electron chi connectivity index (χ3n) is 6.01. The van der Waals surface area contributed by atoms with Crippen LogP contribution in [0.2, 0.25) is 15.1 Å². The van der Waals surface area contributed by atoms with Crippen LogP contribution >= 0.6 is 34.8 Å². The summed E-state index contributed by atoms with van der Waals surface area (Å²) in [6, 6.07) is 16.7. The topological polar surface area (TPSA) is 113 Å². The van der Waals surface area contributed by atoms with E-state index in [1.54, 1.807) is 30.3 Å². The molecule has 1 unspecified atom stereocenters. The van der Waals surface area contributed by atoms with Crippen molar-refractivity contribution in [2.75, 3.05) is 23.1 Å². The molecule has 3 aromatic rings. The van der Waals surface area contributed by atoms with Crippen molar-refractivity contribution in [2.24, 2.45) is 5.92 Å². The SMILES string of the molecule is O=C(Nc1ccc(S(=O)(=O)Nc2cccc(Cl)c2)cc1)C1CCCN(S(=O)(=O)Cc2ccc(Cl)cc2Cl)C1. The van der Waals surface area contributed by atoms with Gasteiger partial charge in [-0.2, -0.15) is 0 Å². The van der Waals surface area contributed by atoms with E-state index in [0.717, 1.165) is 0 Å². The summed E-state index contributed by atoms with van der Waals surface area (Å²) in [5.74, 6) is -1.20. The fourth-order valence-corrected chi connectivity index (χ4v) is 7.50. The normalized spacial score (nSPS) is 16.7. The number of amides is 1. The van der Waals surface area contributed by atoms with Gasteiger partial charge in [-0.15, -0.1) is 0 Å². The molecule has 13 heteroatoms.